The smallest absolute Gasteiger partial charge is 0.174 e. The maximum Gasteiger partial charge on any atom is 0.174 e. The lowest BCUT2D eigenvalue weighted by Gasteiger charge is -2.03. The molecule has 0 saturated carbocycles. The average Bonchev–Trinajstić information content (AvgIpc) is 2.80. The quantitative estimate of drug-likeness (QED) is 0.738. The molecule has 0 saturated heterocycles. The van der Waals surface area contributed by atoms with Gasteiger partial charge in [0.15, 0.2) is 11.5 Å². The number of benzene rings is 1. The van der Waals surface area contributed by atoms with Crippen molar-refractivity contribution >= 4 is 5.78 Å². The van der Waals surface area contributed by atoms with Crippen molar-refractivity contribution in [3.8, 4) is 5.75 Å². The molecule has 0 atom stereocenters. The minimum atomic E-state index is 0.0433. The lowest BCUT2D eigenvalue weighted by Crippen LogP contribution is -1.95. The molecule has 2 rings (SSSR count). The molecule has 0 aliphatic carbocycles. The van der Waals surface area contributed by atoms with Gasteiger partial charge in [0, 0.05) is 11.6 Å². The van der Waals surface area contributed by atoms with Crippen LogP contribution in [0, 0.1) is 0 Å². The molecule has 1 heterocycles. The Morgan fingerprint density at radius 3 is 2.62 bits per heavy atom. The molecule has 0 aliphatic heterocycles. The van der Waals surface area contributed by atoms with Crippen LogP contribution in [0.5, 0.6) is 5.75 Å². The van der Waals surface area contributed by atoms with E-state index in [0.717, 1.165) is 0 Å². The fourth-order valence-electron chi connectivity index (χ4n) is 1.26. The zero-order valence-electron chi connectivity index (χ0n) is 8.84. The van der Waals surface area contributed by atoms with E-state index < -0.39 is 0 Å². The number of carbonyl (C=O) groups is 1. The van der Waals surface area contributed by atoms with Crippen LogP contribution in [0.2, 0.25) is 0 Å². The van der Waals surface area contributed by atoms with Crippen LogP contribution in [-0.4, -0.2) is 10.9 Å². The van der Waals surface area contributed by atoms with Crippen LogP contribution in [0.4, 0.5) is 0 Å². The Labute approximate surface area is 92.8 Å². The van der Waals surface area contributed by atoms with Gasteiger partial charge in [-0.25, -0.2) is 0 Å². The van der Waals surface area contributed by atoms with Crippen molar-refractivity contribution in [3.05, 3.63) is 47.9 Å². The average molecular weight is 217 g/mol. The Hall–Kier alpha value is -2.10. The second kappa shape index (κ2) is 4.61. The molecule has 82 valence electrons. The van der Waals surface area contributed by atoms with E-state index in [4.69, 9.17) is 9.26 Å². The van der Waals surface area contributed by atoms with Crippen LogP contribution in [-0.2, 0) is 6.61 Å². The third-order valence-electron chi connectivity index (χ3n) is 2.13. The highest BCUT2D eigenvalue weighted by atomic mass is 16.5. The molecule has 4 heteroatoms. The Morgan fingerprint density at radius 1 is 1.31 bits per heavy atom. The fraction of sp³-hybridized carbons (Fsp3) is 0.167. The van der Waals surface area contributed by atoms with E-state index in [9.17, 15) is 4.79 Å². The molecule has 4 nitrogen and oxygen atoms in total. The summed E-state index contributed by atoms with van der Waals surface area (Å²) in [6.07, 6.45) is 1.57. The number of carbonyl (C=O) groups excluding carboxylic acids is 1. The van der Waals surface area contributed by atoms with Crippen LogP contribution in [0.1, 0.15) is 23.0 Å². The second-order valence-corrected chi connectivity index (χ2v) is 3.35. The molecular formula is C12H11NO3. The van der Waals surface area contributed by atoms with E-state index >= 15 is 0 Å². The van der Waals surface area contributed by atoms with E-state index in [0.29, 0.717) is 23.7 Å². The number of ether oxygens (including phenoxy) is 1. The summed E-state index contributed by atoms with van der Waals surface area (Å²) in [6, 6.07) is 8.72. The van der Waals surface area contributed by atoms with Crippen LogP contribution in [0.25, 0.3) is 0 Å². The molecule has 0 fully saturated rings. The highest BCUT2D eigenvalue weighted by Crippen LogP contribution is 2.14. The summed E-state index contributed by atoms with van der Waals surface area (Å²) >= 11 is 0. The Morgan fingerprint density at radius 2 is 2.06 bits per heavy atom. The van der Waals surface area contributed by atoms with E-state index in [2.05, 4.69) is 5.16 Å². The number of hydrogen-bond acceptors (Lipinski definition) is 4. The van der Waals surface area contributed by atoms with Gasteiger partial charge in [-0.2, -0.15) is 0 Å². The first kappa shape index (κ1) is 10.4. The normalized spacial score (nSPS) is 10.1. The highest BCUT2D eigenvalue weighted by Gasteiger charge is 2.01. The summed E-state index contributed by atoms with van der Waals surface area (Å²) in [4.78, 5) is 11.0. The van der Waals surface area contributed by atoms with Gasteiger partial charge in [-0.1, -0.05) is 5.16 Å². The zero-order valence-corrected chi connectivity index (χ0v) is 8.84. The standard InChI is InChI=1S/C12H11NO3/c1-9(14)10-2-4-11(5-3-10)15-8-12-6-7-13-16-12/h2-7H,8H2,1H3. The topological polar surface area (TPSA) is 52.3 Å². The molecule has 0 amide bonds. The number of aromatic nitrogens is 1. The lowest BCUT2D eigenvalue weighted by atomic mass is 10.1. The van der Waals surface area contributed by atoms with E-state index in [1.54, 1.807) is 36.5 Å². The summed E-state index contributed by atoms with van der Waals surface area (Å²) in [5, 5.41) is 3.57. The van der Waals surface area contributed by atoms with E-state index in [1.807, 2.05) is 0 Å². The van der Waals surface area contributed by atoms with Crippen LogP contribution < -0.4 is 4.74 Å². The first-order valence-corrected chi connectivity index (χ1v) is 4.89. The van der Waals surface area contributed by atoms with Crippen LogP contribution in [0.3, 0.4) is 0 Å². The maximum absolute atomic E-state index is 11.0. The summed E-state index contributed by atoms with van der Waals surface area (Å²) < 4.78 is 10.3. The van der Waals surface area contributed by atoms with Crippen molar-refractivity contribution in [2.75, 3.05) is 0 Å². The SMILES string of the molecule is CC(=O)c1ccc(OCc2ccno2)cc1. The number of ketones is 1. The van der Waals surface area contributed by atoms with Gasteiger partial charge in [0.25, 0.3) is 0 Å². The molecule has 0 aliphatic rings. The first-order chi connectivity index (χ1) is 7.75. The number of rotatable bonds is 4. The summed E-state index contributed by atoms with van der Waals surface area (Å²) in [5.74, 6) is 1.40. The monoisotopic (exact) mass is 217 g/mol. The second-order valence-electron chi connectivity index (χ2n) is 3.35. The largest absolute Gasteiger partial charge is 0.486 e. The lowest BCUT2D eigenvalue weighted by molar-refractivity contribution is 0.101. The zero-order chi connectivity index (χ0) is 11.4. The molecule has 0 unspecified atom stereocenters. The van der Waals surface area contributed by atoms with Crippen molar-refractivity contribution < 1.29 is 14.1 Å². The molecule has 0 radical (unpaired) electrons. The van der Waals surface area contributed by atoms with Gasteiger partial charge in [-0.15, -0.1) is 0 Å². The fourth-order valence-corrected chi connectivity index (χ4v) is 1.26. The van der Waals surface area contributed by atoms with Gasteiger partial charge in [0.1, 0.15) is 12.4 Å². The minimum Gasteiger partial charge on any atom is -0.486 e. The van der Waals surface area contributed by atoms with Gasteiger partial charge in [0.2, 0.25) is 0 Å². The van der Waals surface area contributed by atoms with Crippen LogP contribution >= 0.6 is 0 Å². The number of nitrogens with zero attached hydrogens (tertiary/aromatic N) is 1. The molecular weight excluding hydrogens is 206 g/mol. The molecule has 2 aromatic rings. The summed E-state index contributed by atoms with van der Waals surface area (Å²) in [6.45, 7) is 1.86. The number of Topliss-reactive ketones (excluding diaryl/α,β-unsaturated/α-hetero) is 1. The third kappa shape index (κ3) is 2.48. The van der Waals surface area contributed by atoms with Crippen molar-refractivity contribution in [1.82, 2.24) is 5.16 Å². The Bertz CT molecular complexity index is 460. The van der Waals surface area contributed by atoms with Gasteiger partial charge in [-0.05, 0) is 31.2 Å². The van der Waals surface area contributed by atoms with Gasteiger partial charge in [-0.3, -0.25) is 4.79 Å². The molecule has 1 aromatic heterocycles. The summed E-state index contributed by atoms with van der Waals surface area (Å²) in [5.41, 5.74) is 0.673. The molecule has 16 heavy (non-hydrogen) atoms. The minimum absolute atomic E-state index is 0.0433. The van der Waals surface area contributed by atoms with Crippen molar-refractivity contribution in [3.63, 3.8) is 0 Å². The van der Waals surface area contributed by atoms with Crippen LogP contribution in [0.15, 0.2) is 41.1 Å². The van der Waals surface area contributed by atoms with Gasteiger partial charge < -0.3 is 9.26 Å². The van der Waals surface area contributed by atoms with Crippen molar-refractivity contribution in [2.24, 2.45) is 0 Å². The number of hydrogen-bond donors (Lipinski definition) is 0. The van der Waals surface area contributed by atoms with E-state index in [-0.39, 0.29) is 5.78 Å². The summed E-state index contributed by atoms with van der Waals surface area (Å²) in [7, 11) is 0. The molecule has 0 N–H and O–H groups in total. The predicted octanol–water partition coefficient (Wildman–Crippen LogP) is 2.46. The van der Waals surface area contributed by atoms with Crippen molar-refractivity contribution in [1.29, 1.82) is 0 Å². The first-order valence-electron chi connectivity index (χ1n) is 4.89. The third-order valence-corrected chi connectivity index (χ3v) is 2.13. The van der Waals surface area contributed by atoms with Gasteiger partial charge >= 0.3 is 0 Å². The predicted molar refractivity (Wildman–Crippen MR) is 57.3 cm³/mol. The van der Waals surface area contributed by atoms with E-state index in [1.165, 1.54) is 6.92 Å². The molecule has 1 aromatic carbocycles. The maximum atomic E-state index is 11.0. The Kier molecular flexibility index (Phi) is 3.00. The molecule has 0 bridgehead atoms. The van der Waals surface area contributed by atoms with Crippen molar-refractivity contribution in [2.45, 2.75) is 13.5 Å². The van der Waals surface area contributed by atoms with Gasteiger partial charge in [0.05, 0.1) is 6.20 Å². The highest BCUT2D eigenvalue weighted by molar-refractivity contribution is 5.94. The molecule has 0 spiro atoms. The Balaban J connectivity index is 1.98.